The highest BCUT2D eigenvalue weighted by Crippen LogP contribution is 2.23. The number of rotatable bonds is 3. The van der Waals surface area contributed by atoms with Crippen molar-refractivity contribution in [2.45, 2.75) is 27.7 Å². The second kappa shape index (κ2) is 5.59. The molecule has 0 radical (unpaired) electrons. The van der Waals surface area contributed by atoms with E-state index in [1.54, 1.807) is 6.92 Å². The molecule has 0 aromatic heterocycles. The van der Waals surface area contributed by atoms with E-state index in [1.807, 2.05) is 6.92 Å². The first-order valence-corrected chi connectivity index (χ1v) is 4.49. The van der Waals surface area contributed by atoms with Gasteiger partial charge in [0.15, 0.2) is 0 Å². The van der Waals surface area contributed by atoms with Crippen LogP contribution in [0.3, 0.4) is 0 Å². The molecule has 0 aliphatic carbocycles. The van der Waals surface area contributed by atoms with Gasteiger partial charge in [0.2, 0.25) is 0 Å². The van der Waals surface area contributed by atoms with E-state index >= 15 is 0 Å². The van der Waals surface area contributed by atoms with Crippen molar-refractivity contribution in [1.82, 2.24) is 0 Å². The smallest absolute Gasteiger partial charge is 0.123 e. The zero-order valence-electron chi connectivity index (χ0n) is 8.76. The molecule has 0 nitrogen and oxygen atoms in total. The second-order valence-corrected chi connectivity index (χ2v) is 3.56. The molecule has 0 saturated heterocycles. The van der Waals surface area contributed by atoms with E-state index in [0.29, 0.717) is 5.92 Å². The summed E-state index contributed by atoms with van der Waals surface area (Å²) in [4.78, 5) is 0. The molecule has 0 spiro atoms. The predicted molar refractivity (Wildman–Crippen MR) is 55.8 cm³/mol. The Kier molecular flexibility index (Phi) is 5.14. The van der Waals surface area contributed by atoms with Gasteiger partial charge in [0.05, 0.1) is 0 Å². The van der Waals surface area contributed by atoms with E-state index < -0.39 is 0 Å². The van der Waals surface area contributed by atoms with Crippen LogP contribution in [-0.2, 0) is 0 Å². The molecular weight excluding hydrogens is 163 g/mol. The molecule has 1 atom stereocenters. The highest BCUT2D eigenvalue weighted by Gasteiger charge is 2.11. The van der Waals surface area contributed by atoms with E-state index in [2.05, 4.69) is 19.8 Å². The van der Waals surface area contributed by atoms with E-state index in [1.165, 1.54) is 12.2 Å². The molecule has 0 fully saturated rings. The Bertz CT molecular complexity index is 251. The van der Waals surface area contributed by atoms with Crippen LogP contribution < -0.4 is 0 Å². The van der Waals surface area contributed by atoms with Gasteiger partial charge in [0.25, 0.3) is 0 Å². The van der Waals surface area contributed by atoms with Crippen molar-refractivity contribution in [3.63, 3.8) is 0 Å². The number of hydrogen-bond donors (Lipinski definition) is 0. The van der Waals surface area contributed by atoms with Gasteiger partial charge in [-0.25, -0.2) is 4.39 Å². The van der Waals surface area contributed by atoms with Gasteiger partial charge in [0, 0.05) is 0 Å². The normalized spacial score (nSPS) is 15.8. The summed E-state index contributed by atoms with van der Waals surface area (Å²) >= 11 is 0. The lowest BCUT2D eigenvalue weighted by molar-refractivity contribution is 0.464. The van der Waals surface area contributed by atoms with Gasteiger partial charge in [-0.05, 0) is 36.5 Å². The van der Waals surface area contributed by atoms with Gasteiger partial charge in [-0.2, -0.15) is 0 Å². The van der Waals surface area contributed by atoms with Crippen LogP contribution in [0.15, 0.2) is 23.6 Å². The molecule has 0 rings (SSSR count). The molecule has 0 amide bonds. The molecule has 0 aromatic rings. The minimum absolute atomic E-state index is 0.209. The van der Waals surface area contributed by atoms with Crippen molar-refractivity contribution in [2.24, 2.45) is 11.8 Å². The SMILES string of the molecule is C#C/C=C\C(F)=C(/C)[C@H](C)C(C)C. The van der Waals surface area contributed by atoms with Crippen molar-refractivity contribution >= 4 is 0 Å². The topological polar surface area (TPSA) is 0 Å². The Morgan fingerprint density at radius 1 is 1.38 bits per heavy atom. The van der Waals surface area contributed by atoms with Crippen molar-refractivity contribution in [3.8, 4) is 12.3 Å². The monoisotopic (exact) mass is 180 g/mol. The summed E-state index contributed by atoms with van der Waals surface area (Å²) in [5.41, 5.74) is 0.765. The third-order valence-corrected chi connectivity index (χ3v) is 2.39. The van der Waals surface area contributed by atoms with Crippen LogP contribution in [0.5, 0.6) is 0 Å². The molecule has 0 bridgehead atoms. The molecule has 1 heteroatoms. The quantitative estimate of drug-likeness (QED) is 0.459. The van der Waals surface area contributed by atoms with Gasteiger partial charge >= 0.3 is 0 Å². The first-order chi connectivity index (χ1) is 6.00. The average molecular weight is 180 g/mol. The fraction of sp³-hybridized carbons (Fsp3) is 0.500. The van der Waals surface area contributed by atoms with Gasteiger partial charge in [-0.3, -0.25) is 0 Å². The van der Waals surface area contributed by atoms with Crippen LogP contribution in [-0.4, -0.2) is 0 Å². The summed E-state index contributed by atoms with van der Waals surface area (Å²) in [7, 11) is 0. The summed E-state index contributed by atoms with van der Waals surface area (Å²) < 4.78 is 13.3. The van der Waals surface area contributed by atoms with E-state index in [4.69, 9.17) is 6.42 Å². The third-order valence-electron chi connectivity index (χ3n) is 2.39. The molecular formula is C12H17F. The van der Waals surface area contributed by atoms with Crippen molar-refractivity contribution in [3.05, 3.63) is 23.6 Å². The summed E-state index contributed by atoms with van der Waals surface area (Å²) in [6, 6.07) is 0. The van der Waals surface area contributed by atoms with E-state index in [0.717, 1.165) is 5.57 Å². The van der Waals surface area contributed by atoms with Crippen molar-refractivity contribution < 1.29 is 4.39 Å². The van der Waals surface area contributed by atoms with Crippen LogP contribution in [0.25, 0.3) is 0 Å². The maximum Gasteiger partial charge on any atom is 0.123 e. The van der Waals surface area contributed by atoms with E-state index in [-0.39, 0.29) is 11.7 Å². The Labute approximate surface area is 80.5 Å². The van der Waals surface area contributed by atoms with Crippen molar-refractivity contribution in [1.29, 1.82) is 0 Å². The minimum Gasteiger partial charge on any atom is -0.207 e. The zero-order valence-corrected chi connectivity index (χ0v) is 8.76. The first-order valence-electron chi connectivity index (χ1n) is 4.49. The minimum atomic E-state index is -0.209. The summed E-state index contributed by atoms with van der Waals surface area (Å²) in [5.74, 6) is 2.76. The van der Waals surface area contributed by atoms with Crippen LogP contribution in [0.4, 0.5) is 4.39 Å². The lowest BCUT2D eigenvalue weighted by Crippen LogP contribution is -2.06. The number of halogens is 1. The molecule has 0 aliphatic heterocycles. The van der Waals surface area contributed by atoms with E-state index in [9.17, 15) is 4.39 Å². The van der Waals surface area contributed by atoms with Crippen LogP contribution >= 0.6 is 0 Å². The Hall–Kier alpha value is -1.03. The highest BCUT2D eigenvalue weighted by atomic mass is 19.1. The van der Waals surface area contributed by atoms with Crippen molar-refractivity contribution in [2.75, 3.05) is 0 Å². The Morgan fingerprint density at radius 3 is 2.31 bits per heavy atom. The Balaban J connectivity index is 4.62. The maximum atomic E-state index is 13.3. The predicted octanol–water partition coefficient (Wildman–Crippen LogP) is 3.71. The number of terminal acetylenes is 1. The number of allylic oxidation sites excluding steroid dienone is 4. The first kappa shape index (κ1) is 12.0. The van der Waals surface area contributed by atoms with Gasteiger partial charge in [0.1, 0.15) is 5.83 Å². The average Bonchev–Trinajstić information content (AvgIpc) is 2.11. The lowest BCUT2D eigenvalue weighted by atomic mass is 9.90. The second-order valence-electron chi connectivity index (χ2n) is 3.56. The van der Waals surface area contributed by atoms with Crippen LogP contribution in [0, 0.1) is 24.2 Å². The molecule has 13 heavy (non-hydrogen) atoms. The van der Waals surface area contributed by atoms with Gasteiger partial charge in [-0.1, -0.05) is 26.7 Å². The molecule has 0 aliphatic rings. The molecule has 0 saturated carbocycles. The number of hydrogen-bond acceptors (Lipinski definition) is 0. The largest absolute Gasteiger partial charge is 0.207 e. The molecule has 0 unspecified atom stereocenters. The standard InChI is InChI=1S/C12H17F/c1-6-7-8-12(13)11(5)10(4)9(2)3/h1,7-10H,2-5H3/b8-7-,12-11-/t10-/m1/s1. The molecule has 0 N–H and O–H groups in total. The summed E-state index contributed by atoms with van der Waals surface area (Å²) in [6.07, 6.45) is 7.71. The fourth-order valence-corrected chi connectivity index (χ4v) is 0.970. The lowest BCUT2D eigenvalue weighted by Gasteiger charge is -2.16. The summed E-state index contributed by atoms with van der Waals surface area (Å²) in [5, 5.41) is 0. The summed E-state index contributed by atoms with van der Waals surface area (Å²) in [6.45, 7) is 7.98. The van der Waals surface area contributed by atoms with Crippen LogP contribution in [0.2, 0.25) is 0 Å². The maximum absolute atomic E-state index is 13.3. The van der Waals surface area contributed by atoms with Gasteiger partial charge < -0.3 is 0 Å². The van der Waals surface area contributed by atoms with Crippen LogP contribution in [0.1, 0.15) is 27.7 Å². The molecule has 72 valence electrons. The van der Waals surface area contributed by atoms with Gasteiger partial charge in [-0.15, -0.1) is 6.42 Å². The zero-order chi connectivity index (χ0) is 10.4. The fourth-order valence-electron chi connectivity index (χ4n) is 0.970. The highest BCUT2D eigenvalue weighted by molar-refractivity contribution is 5.24. The Morgan fingerprint density at radius 2 is 1.92 bits per heavy atom. The molecule has 0 aromatic carbocycles. The third kappa shape index (κ3) is 3.94. The molecule has 0 heterocycles.